The maximum atomic E-state index is 11.2. The molecule has 0 heterocycles. The summed E-state index contributed by atoms with van der Waals surface area (Å²) < 4.78 is 14.9. The van der Waals surface area contributed by atoms with E-state index in [4.69, 9.17) is 14.6 Å². The molecule has 6 nitrogen and oxygen atoms in total. The molecule has 6 heteroatoms. The molecule has 0 aliphatic heterocycles. The Hall–Kier alpha value is -2.24. The number of hydrogen-bond donors (Lipinski definition) is 1. The van der Waals surface area contributed by atoms with Crippen molar-refractivity contribution in [2.75, 3.05) is 14.2 Å². The molecular formula is C12H14O6. The van der Waals surface area contributed by atoms with E-state index in [1.807, 2.05) is 0 Å². The van der Waals surface area contributed by atoms with Gasteiger partial charge in [-0.05, 0) is 25.1 Å². The molecule has 1 aromatic carbocycles. The number of methoxy groups -OCH3 is 2. The standard InChI is InChI=1S/C12H14O6/c1-7(12(15)17-3)18-9-5-4-8(11(13)14)6-10(9)16-2/h4-7H,1-3H3,(H,13,14)/t7-/m0/s1. The molecule has 1 aromatic rings. The molecule has 18 heavy (non-hydrogen) atoms. The molecule has 0 aromatic heterocycles. The third kappa shape index (κ3) is 3.13. The van der Waals surface area contributed by atoms with Gasteiger partial charge in [-0.3, -0.25) is 0 Å². The van der Waals surface area contributed by atoms with Crippen LogP contribution >= 0.6 is 0 Å². The van der Waals surface area contributed by atoms with Gasteiger partial charge >= 0.3 is 11.9 Å². The highest BCUT2D eigenvalue weighted by Crippen LogP contribution is 2.29. The van der Waals surface area contributed by atoms with Crippen LogP contribution in [0.2, 0.25) is 0 Å². The summed E-state index contributed by atoms with van der Waals surface area (Å²) >= 11 is 0. The SMILES string of the molecule is COC(=O)[C@H](C)Oc1ccc(C(=O)O)cc1OC. The van der Waals surface area contributed by atoms with Crippen LogP contribution in [-0.2, 0) is 9.53 Å². The van der Waals surface area contributed by atoms with Gasteiger partial charge in [-0.1, -0.05) is 0 Å². The highest BCUT2D eigenvalue weighted by atomic mass is 16.6. The number of carbonyl (C=O) groups is 2. The Balaban J connectivity index is 2.96. The Morgan fingerprint density at radius 1 is 1.22 bits per heavy atom. The van der Waals surface area contributed by atoms with E-state index < -0.39 is 18.0 Å². The van der Waals surface area contributed by atoms with E-state index in [0.717, 1.165) is 0 Å². The molecule has 0 saturated carbocycles. The molecule has 0 aliphatic carbocycles. The fourth-order valence-corrected chi connectivity index (χ4v) is 1.30. The first-order valence-corrected chi connectivity index (χ1v) is 5.15. The van der Waals surface area contributed by atoms with Gasteiger partial charge in [-0.2, -0.15) is 0 Å². The van der Waals surface area contributed by atoms with Crippen molar-refractivity contribution in [3.63, 3.8) is 0 Å². The van der Waals surface area contributed by atoms with Crippen molar-refractivity contribution in [3.8, 4) is 11.5 Å². The topological polar surface area (TPSA) is 82.1 Å². The Kier molecular flexibility index (Phi) is 4.53. The lowest BCUT2D eigenvalue weighted by Crippen LogP contribution is -2.25. The van der Waals surface area contributed by atoms with Crippen LogP contribution in [0, 0.1) is 0 Å². The second-order valence-electron chi connectivity index (χ2n) is 3.45. The molecule has 0 spiro atoms. The number of carboxylic acids is 1. The largest absolute Gasteiger partial charge is 0.493 e. The van der Waals surface area contributed by atoms with Gasteiger partial charge in [0.25, 0.3) is 0 Å². The highest BCUT2D eigenvalue weighted by Gasteiger charge is 2.18. The van der Waals surface area contributed by atoms with Crippen molar-refractivity contribution in [1.82, 2.24) is 0 Å². The fourth-order valence-electron chi connectivity index (χ4n) is 1.30. The molecule has 0 aliphatic rings. The van der Waals surface area contributed by atoms with Crippen LogP contribution < -0.4 is 9.47 Å². The number of benzene rings is 1. The van der Waals surface area contributed by atoms with Crippen molar-refractivity contribution in [2.24, 2.45) is 0 Å². The predicted molar refractivity (Wildman–Crippen MR) is 62.1 cm³/mol. The summed E-state index contributed by atoms with van der Waals surface area (Å²) in [5.41, 5.74) is 0.0740. The summed E-state index contributed by atoms with van der Waals surface area (Å²) in [6, 6.07) is 4.12. The van der Waals surface area contributed by atoms with Crippen molar-refractivity contribution < 1.29 is 28.9 Å². The quantitative estimate of drug-likeness (QED) is 0.798. The lowest BCUT2D eigenvalue weighted by atomic mass is 10.2. The van der Waals surface area contributed by atoms with Gasteiger partial charge in [-0.25, -0.2) is 9.59 Å². The van der Waals surface area contributed by atoms with E-state index in [1.165, 1.54) is 39.3 Å². The second-order valence-corrected chi connectivity index (χ2v) is 3.45. The molecule has 1 atom stereocenters. The summed E-state index contributed by atoms with van der Waals surface area (Å²) in [4.78, 5) is 22.0. The first kappa shape index (κ1) is 13.8. The molecule has 1 N–H and O–H groups in total. The third-order valence-electron chi connectivity index (χ3n) is 2.25. The van der Waals surface area contributed by atoms with Gasteiger partial charge in [0.1, 0.15) is 0 Å². The Labute approximate surface area is 104 Å². The molecule has 0 radical (unpaired) electrons. The second kappa shape index (κ2) is 5.90. The first-order chi connectivity index (χ1) is 8.49. The number of carboxylic acid groups (broad SMARTS) is 1. The van der Waals surface area contributed by atoms with Crippen molar-refractivity contribution in [2.45, 2.75) is 13.0 Å². The van der Waals surface area contributed by atoms with Crippen molar-refractivity contribution >= 4 is 11.9 Å². The summed E-state index contributed by atoms with van der Waals surface area (Å²) in [5, 5.41) is 8.83. The van der Waals surface area contributed by atoms with E-state index in [0.29, 0.717) is 0 Å². The maximum Gasteiger partial charge on any atom is 0.346 e. The Morgan fingerprint density at radius 2 is 1.89 bits per heavy atom. The van der Waals surface area contributed by atoms with E-state index >= 15 is 0 Å². The van der Waals surface area contributed by atoms with Gasteiger partial charge in [0.15, 0.2) is 17.6 Å². The van der Waals surface area contributed by atoms with E-state index in [1.54, 1.807) is 0 Å². The number of esters is 1. The van der Waals surface area contributed by atoms with E-state index in [9.17, 15) is 9.59 Å². The number of aromatic carboxylic acids is 1. The number of carbonyl (C=O) groups excluding carboxylic acids is 1. The summed E-state index contributed by atoms with van der Waals surface area (Å²) in [5.74, 6) is -1.08. The summed E-state index contributed by atoms with van der Waals surface area (Å²) in [6.07, 6.45) is -0.806. The molecule has 0 saturated heterocycles. The molecule has 98 valence electrons. The molecule has 0 unspecified atom stereocenters. The van der Waals surface area contributed by atoms with Gasteiger partial charge < -0.3 is 19.3 Å². The zero-order chi connectivity index (χ0) is 13.7. The van der Waals surface area contributed by atoms with Crippen LogP contribution in [-0.4, -0.2) is 37.4 Å². The minimum Gasteiger partial charge on any atom is -0.493 e. The first-order valence-electron chi connectivity index (χ1n) is 5.15. The summed E-state index contributed by atoms with van der Waals surface area (Å²) in [6.45, 7) is 1.52. The molecule has 0 amide bonds. The molecular weight excluding hydrogens is 240 g/mol. The Morgan fingerprint density at radius 3 is 2.39 bits per heavy atom. The fraction of sp³-hybridized carbons (Fsp3) is 0.333. The number of rotatable bonds is 5. The maximum absolute atomic E-state index is 11.2. The van der Waals surface area contributed by atoms with Crippen LogP contribution in [0.1, 0.15) is 17.3 Å². The molecule has 1 rings (SSSR count). The van der Waals surface area contributed by atoms with Crippen molar-refractivity contribution in [1.29, 1.82) is 0 Å². The predicted octanol–water partition coefficient (Wildman–Crippen LogP) is 1.33. The van der Waals surface area contributed by atoms with Gasteiger partial charge in [0, 0.05) is 0 Å². The van der Waals surface area contributed by atoms with Crippen LogP contribution in [0.3, 0.4) is 0 Å². The van der Waals surface area contributed by atoms with Gasteiger partial charge in [-0.15, -0.1) is 0 Å². The Bertz CT molecular complexity index is 454. The third-order valence-corrected chi connectivity index (χ3v) is 2.25. The average Bonchev–Trinajstić information content (AvgIpc) is 2.37. The van der Waals surface area contributed by atoms with Crippen LogP contribution in [0.5, 0.6) is 11.5 Å². The molecule has 0 fully saturated rings. The lowest BCUT2D eigenvalue weighted by Gasteiger charge is -2.15. The van der Waals surface area contributed by atoms with E-state index in [2.05, 4.69) is 4.74 Å². The number of hydrogen-bond acceptors (Lipinski definition) is 5. The minimum absolute atomic E-state index is 0.0740. The highest BCUT2D eigenvalue weighted by molar-refractivity contribution is 5.88. The van der Waals surface area contributed by atoms with Gasteiger partial charge in [0.2, 0.25) is 0 Å². The molecule has 0 bridgehead atoms. The average molecular weight is 254 g/mol. The van der Waals surface area contributed by atoms with E-state index in [-0.39, 0.29) is 17.1 Å². The smallest absolute Gasteiger partial charge is 0.346 e. The monoisotopic (exact) mass is 254 g/mol. The zero-order valence-corrected chi connectivity index (χ0v) is 10.3. The number of ether oxygens (including phenoxy) is 3. The van der Waals surface area contributed by atoms with Gasteiger partial charge in [0.05, 0.1) is 19.8 Å². The van der Waals surface area contributed by atoms with Crippen LogP contribution in [0.15, 0.2) is 18.2 Å². The minimum atomic E-state index is -1.07. The normalized spacial score (nSPS) is 11.5. The lowest BCUT2D eigenvalue weighted by molar-refractivity contribution is -0.147. The summed E-state index contributed by atoms with van der Waals surface area (Å²) in [7, 11) is 2.64. The van der Waals surface area contributed by atoms with Crippen LogP contribution in [0.4, 0.5) is 0 Å². The van der Waals surface area contributed by atoms with Crippen molar-refractivity contribution in [3.05, 3.63) is 23.8 Å². The zero-order valence-electron chi connectivity index (χ0n) is 10.3. The van der Waals surface area contributed by atoms with Crippen LogP contribution in [0.25, 0.3) is 0 Å².